The Labute approximate surface area is 576 Å². The van der Waals surface area contributed by atoms with E-state index in [0.717, 1.165) is 123 Å². The second kappa shape index (κ2) is 77.9. The van der Waals surface area contributed by atoms with Gasteiger partial charge in [0.1, 0.15) is 0 Å². The van der Waals surface area contributed by atoms with Gasteiger partial charge in [-0.25, -0.2) is 0 Å². The average Bonchev–Trinajstić information content (AvgIpc) is 4.61. The molecule has 0 aromatic heterocycles. The summed E-state index contributed by atoms with van der Waals surface area (Å²) < 4.78 is 5.17. The van der Waals surface area contributed by atoms with E-state index in [-0.39, 0.29) is 0 Å². The van der Waals surface area contributed by atoms with Crippen LogP contribution >= 0.6 is 0 Å². The Morgan fingerprint density at radius 3 is 0.641 bits per heavy atom. The molecule has 6 atom stereocenters. The van der Waals surface area contributed by atoms with Crippen LogP contribution in [0.1, 0.15) is 408 Å². The van der Waals surface area contributed by atoms with Gasteiger partial charge in [0.25, 0.3) is 0 Å². The highest BCUT2D eigenvalue weighted by Gasteiger charge is 2.23. The second-order valence-electron chi connectivity index (χ2n) is 29.3. The van der Waals surface area contributed by atoms with Crippen LogP contribution in [0.15, 0.2) is 0 Å². The van der Waals surface area contributed by atoms with Crippen LogP contribution in [0.4, 0.5) is 0 Å². The van der Waals surface area contributed by atoms with Gasteiger partial charge in [-0.1, -0.05) is 356 Å². The molecular weight excluding hydrogens is 1140 g/mol. The van der Waals surface area contributed by atoms with Crippen LogP contribution in [0.5, 0.6) is 0 Å². The van der Waals surface area contributed by atoms with E-state index in [4.69, 9.17) is 16.2 Å². The molecule has 11 nitrogen and oxygen atoms in total. The number of rotatable bonds is 74. The maximum absolute atomic E-state index is 11.6. The number of aliphatic hydroxyl groups excluding tert-OH is 5. The Hall–Kier alpha value is -0.440. The summed E-state index contributed by atoms with van der Waals surface area (Å²) in [4.78, 5) is 7.06. The van der Waals surface area contributed by atoms with Crippen molar-refractivity contribution in [1.29, 1.82) is 0 Å². The molecule has 0 radical (unpaired) electrons. The van der Waals surface area contributed by atoms with Crippen LogP contribution < -0.4 is 11.5 Å². The summed E-state index contributed by atoms with van der Waals surface area (Å²) in [7, 11) is 0. The number of epoxide rings is 1. The molecule has 1 aliphatic heterocycles. The van der Waals surface area contributed by atoms with Gasteiger partial charge in [-0.05, 0) is 64.5 Å². The molecule has 9 N–H and O–H groups in total. The lowest BCUT2D eigenvalue weighted by molar-refractivity contribution is 0.0371. The standard InChI is InChI=1S/C64H133N3O5.C12H24O.C5H14N2/c1-6-11-16-21-26-31-36-41-46-60(68)55-65(51-53-66(56-61(69)47-42-37-32-27-22-17-12-7-2)57-62(70)48-43-38-33-28-23-18-13-8-3)52-54-67(58-63(71)49-44-39-34-29-24-19-14-9-4)59-64(72)50-45-40-35-30-25-20-15-10-5;1-2-3-4-5-6-7-8-9-10-12-11-13-12;6-4-2-1-3-5-7/h60-64,68-72H,6-59H2,1-5H3;12H,2-11H2,1H3;1-7H2. The first-order chi connectivity index (χ1) is 45.0. The molecule has 1 fully saturated rings. The summed E-state index contributed by atoms with van der Waals surface area (Å²) in [6, 6.07) is 0. The predicted octanol–water partition coefficient (Wildman–Crippen LogP) is 20.3. The lowest BCUT2D eigenvalue weighted by atomic mass is 10.0. The summed E-state index contributed by atoms with van der Waals surface area (Å²) in [6.45, 7) is 22.1. The van der Waals surface area contributed by atoms with Gasteiger partial charge in [-0.3, -0.25) is 14.7 Å². The molecule has 0 aromatic carbocycles. The molecule has 0 aromatic rings. The Morgan fingerprint density at radius 1 is 0.261 bits per heavy atom. The summed E-state index contributed by atoms with van der Waals surface area (Å²) >= 11 is 0. The largest absolute Gasteiger partial charge is 0.392 e. The third-order valence-corrected chi connectivity index (χ3v) is 19.5. The number of unbranched alkanes of at least 4 members (excludes halogenated alkanes) is 44. The number of hydrogen-bond acceptors (Lipinski definition) is 11. The number of hydrogen-bond donors (Lipinski definition) is 7. The topological polar surface area (TPSA) is 175 Å². The minimum atomic E-state index is -0.415. The monoisotopic (exact) mass is 1310 g/mol. The third kappa shape index (κ3) is 75.3. The Balaban J connectivity index is 0. The van der Waals surface area contributed by atoms with E-state index in [9.17, 15) is 25.5 Å². The highest BCUT2D eigenvalue weighted by Crippen LogP contribution is 2.20. The number of aliphatic hydroxyl groups is 5. The van der Waals surface area contributed by atoms with Crippen LogP contribution in [0, 0.1) is 0 Å². The smallest absolute Gasteiger partial charge is 0.0810 e. The van der Waals surface area contributed by atoms with E-state index >= 15 is 0 Å². The van der Waals surface area contributed by atoms with Gasteiger partial charge in [0.05, 0.1) is 43.2 Å². The molecule has 0 saturated carbocycles. The van der Waals surface area contributed by atoms with Gasteiger partial charge in [0.15, 0.2) is 0 Å². The van der Waals surface area contributed by atoms with Crippen molar-refractivity contribution in [2.45, 2.75) is 444 Å². The molecule has 1 aliphatic rings. The van der Waals surface area contributed by atoms with Crippen LogP contribution in [0.25, 0.3) is 0 Å². The summed E-state index contributed by atoms with van der Waals surface area (Å²) in [5.74, 6) is 0. The van der Waals surface area contributed by atoms with Crippen LogP contribution in [-0.2, 0) is 4.74 Å². The normalized spacial score (nSPS) is 14.8. The molecule has 1 heterocycles. The van der Waals surface area contributed by atoms with Crippen molar-refractivity contribution in [3.8, 4) is 0 Å². The number of ether oxygens (including phenoxy) is 1. The Morgan fingerprint density at radius 2 is 0.435 bits per heavy atom. The SMILES string of the molecule is CCCCCCCCCCC(O)CN(CCN(CC(O)CCCCCCCCCC)CC(O)CCCCCCCCCC)CCN(CC(O)CCCCCCCCCC)CC(O)CCCCCCCCCC.CCCCCCCCCCC1CO1.NCCCCCN. The van der Waals surface area contributed by atoms with E-state index in [1.54, 1.807) is 0 Å². The van der Waals surface area contributed by atoms with Crippen LogP contribution in [-0.4, -0.2) is 155 Å². The lowest BCUT2D eigenvalue weighted by Crippen LogP contribution is -2.47. The van der Waals surface area contributed by atoms with Crippen molar-refractivity contribution in [2.75, 3.05) is 78.6 Å². The Bertz CT molecular complexity index is 1210. The molecule has 11 heteroatoms. The fourth-order valence-electron chi connectivity index (χ4n) is 13.1. The van der Waals surface area contributed by atoms with E-state index in [1.165, 1.54) is 289 Å². The molecule has 0 bridgehead atoms. The zero-order valence-electron chi connectivity index (χ0n) is 63.4. The molecule has 6 unspecified atom stereocenters. The zero-order chi connectivity index (χ0) is 67.7. The summed E-state index contributed by atoms with van der Waals surface area (Å²) in [5, 5.41) is 57.3. The van der Waals surface area contributed by atoms with Gasteiger partial charge in [-0.15, -0.1) is 0 Å². The minimum Gasteiger partial charge on any atom is -0.392 e. The fraction of sp³-hybridized carbons (Fsp3) is 1.00. The Kier molecular flexibility index (Phi) is 79.3. The summed E-state index contributed by atoms with van der Waals surface area (Å²) in [5.41, 5.74) is 10.5. The molecule has 556 valence electrons. The highest BCUT2D eigenvalue weighted by molar-refractivity contribution is 4.77. The van der Waals surface area contributed by atoms with Crippen molar-refractivity contribution in [3.05, 3.63) is 0 Å². The van der Waals surface area contributed by atoms with Crippen molar-refractivity contribution in [3.63, 3.8) is 0 Å². The van der Waals surface area contributed by atoms with E-state index in [2.05, 4.69) is 56.2 Å². The maximum atomic E-state index is 11.6. The second-order valence-corrected chi connectivity index (χ2v) is 29.3. The zero-order valence-corrected chi connectivity index (χ0v) is 63.4. The van der Waals surface area contributed by atoms with E-state index < -0.39 is 30.5 Å². The molecule has 1 saturated heterocycles. The molecule has 0 amide bonds. The molecule has 1 rings (SSSR count). The van der Waals surface area contributed by atoms with Crippen molar-refractivity contribution >= 4 is 0 Å². The van der Waals surface area contributed by atoms with Gasteiger partial charge >= 0.3 is 0 Å². The molecule has 0 aliphatic carbocycles. The van der Waals surface area contributed by atoms with Crippen molar-refractivity contribution in [1.82, 2.24) is 14.7 Å². The van der Waals surface area contributed by atoms with E-state index in [0.29, 0.717) is 38.8 Å². The van der Waals surface area contributed by atoms with Gasteiger partial charge in [-0.2, -0.15) is 0 Å². The first kappa shape index (κ1) is 93.6. The predicted molar refractivity (Wildman–Crippen MR) is 404 cm³/mol. The van der Waals surface area contributed by atoms with Gasteiger partial charge in [0.2, 0.25) is 0 Å². The van der Waals surface area contributed by atoms with Crippen LogP contribution in [0.3, 0.4) is 0 Å². The summed E-state index contributed by atoms with van der Waals surface area (Å²) in [6.07, 6.45) is 68.9. The highest BCUT2D eigenvalue weighted by atomic mass is 16.6. The quantitative estimate of drug-likeness (QED) is 0.0228. The lowest BCUT2D eigenvalue weighted by Gasteiger charge is -2.33. The number of nitrogens with two attached hydrogens (primary N) is 2. The average molecular weight is 1310 g/mol. The third-order valence-electron chi connectivity index (χ3n) is 19.5. The van der Waals surface area contributed by atoms with Crippen molar-refractivity contribution in [2.24, 2.45) is 11.5 Å². The molecule has 92 heavy (non-hydrogen) atoms. The maximum Gasteiger partial charge on any atom is 0.0810 e. The minimum absolute atomic E-state index is 0.410. The van der Waals surface area contributed by atoms with E-state index in [1.807, 2.05) is 0 Å². The van der Waals surface area contributed by atoms with Crippen LogP contribution in [0.2, 0.25) is 0 Å². The fourth-order valence-corrected chi connectivity index (χ4v) is 13.1. The van der Waals surface area contributed by atoms with Gasteiger partial charge < -0.3 is 41.7 Å². The first-order valence-corrected chi connectivity index (χ1v) is 41.6. The number of nitrogens with zero attached hydrogens (tertiary/aromatic N) is 3. The first-order valence-electron chi connectivity index (χ1n) is 41.6. The van der Waals surface area contributed by atoms with Crippen molar-refractivity contribution < 1.29 is 30.3 Å². The molecular formula is C81H171N5O6. The van der Waals surface area contributed by atoms with Gasteiger partial charge in [0, 0.05) is 58.9 Å². The molecule has 0 spiro atoms.